The van der Waals surface area contributed by atoms with Crippen molar-refractivity contribution in [3.05, 3.63) is 0 Å². The number of ether oxygens (including phenoxy) is 1. The molecule has 2 fully saturated rings. The Bertz CT molecular complexity index is 554. The number of hydrogen-bond acceptors (Lipinski definition) is 6. The van der Waals surface area contributed by atoms with Crippen molar-refractivity contribution in [2.45, 2.75) is 38.3 Å². The van der Waals surface area contributed by atoms with Crippen LogP contribution in [0.4, 0.5) is 4.79 Å². The van der Waals surface area contributed by atoms with Crippen molar-refractivity contribution >= 4 is 18.0 Å². The van der Waals surface area contributed by atoms with E-state index in [9.17, 15) is 19.5 Å². The molecule has 0 spiro atoms. The summed E-state index contributed by atoms with van der Waals surface area (Å²) >= 11 is 0. The number of carbonyl (C=O) groups excluding carboxylic acids is 2. The Morgan fingerprint density at radius 1 is 1.12 bits per heavy atom. The summed E-state index contributed by atoms with van der Waals surface area (Å²) in [5.74, 6) is -1.12. The van der Waals surface area contributed by atoms with Gasteiger partial charge in [-0.05, 0) is 34.2 Å². The van der Waals surface area contributed by atoms with Gasteiger partial charge in [0.05, 0.1) is 6.54 Å². The first-order valence-corrected chi connectivity index (χ1v) is 8.94. The summed E-state index contributed by atoms with van der Waals surface area (Å²) in [5, 5.41) is 12.1. The van der Waals surface area contributed by atoms with Crippen LogP contribution in [-0.4, -0.2) is 102 Å². The zero-order chi connectivity index (χ0) is 19.5. The smallest absolute Gasteiger partial charge is 0.408 e. The van der Waals surface area contributed by atoms with E-state index in [1.807, 2.05) is 11.9 Å². The highest BCUT2D eigenvalue weighted by Crippen LogP contribution is 2.23. The summed E-state index contributed by atoms with van der Waals surface area (Å²) in [6, 6.07) is 0. The quantitative estimate of drug-likeness (QED) is 0.707. The normalized spacial score (nSPS) is 25.2. The number of carboxylic acids is 1. The van der Waals surface area contributed by atoms with Crippen molar-refractivity contribution in [3.8, 4) is 0 Å². The Morgan fingerprint density at radius 2 is 1.73 bits per heavy atom. The number of nitrogens with zero attached hydrogens (tertiary/aromatic N) is 3. The fourth-order valence-electron chi connectivity index (χ4n) is 3.20. The molecular formula is C17H30N4O5. The van der Waals surface area contributed by atoms with Crippen LogP contribution in [0.5, 0.6) is 0 Å². The van der Waals surface area contributed by atoms with Gasteiger partial charge in [-0.25, -0.2) is 9.59 Å². The monoisotopic (exact) mass is 370 g/mol. The molecule has 2 heterocycles. The number of likely N-dealkylation sites (tertiary alicyclic amines) is 1. The molecule has 0 bridgehead atoms. The molecule has 0 aliphatic carbocycles. The Kier molecular flexibility index (Phi) is 6.13. The van der Waals surface area contributed by atoms with E-state index in [2.05, 4.69) is 10.2 Å². The van der Waals surface area contributed by atoms with Crippen LogP contribution in [0.15, 0.2) is 0 Å². The van der Waals surface area contributed by atoms with Crippen molar-refractivity contribution < 1.29 is 24.2 Å². The van der Waals surface area contributed by atoms with E-state index < -0.39 is 23.2 Å². The fourth-order valence-corrected chi connectivity index (χ4v) is 3.20. The van der Waals surface area contributed by atoms with Crippen molar-refractivity contribution in [2.75, 3.05) is 52.9 Å². The third-order valence-electron chi connectivity index (χ3n) is 4.71. The summed E-state index contributed by atoms with van der Waals surface area (Å²) in [5.41, 5.74) is -2.13. The zero-order valence-corrected chi connectivity index (χ0v) is 16.1. The number of likely N-dealkylation sites (N-methyl/N-ethyl adjacent to an activating group) is 1. The van der Waals surface area contributed by atoms with E-state index in [4.69, 9.17) is 4.74 Å². The van der Waals surface area contributed by atoms with Crippen LogP contribution in [-0.2, 0) is 14.3 Å². The lowest BCUT2D eigenvalue weighted by Gasteiger charge is -2.33. The molecule has 0 radical (unpaired) electrons. The van der Waals surface area contributed by atoms with Crippen LogP contribution >= 0.6 is 0 Å². The van der Waals surface area contributed by atoms with Gasteiger partial charge in [0.2, 0.25) is 5.91 Å². The number of alkyl carbamates (subject to hydrolysis) is 1. The average molecular weight is 370 g/mol. The topological polar surface area (TPSA) is 102 Å². The van der Waals surface area contributed by atoms with E-state index in [0.29, 0.717) is 19.6 Å². The van der Waals surface area contributed by atoms with Gasteiger partial charge in [-0.2, -0.15) is 0 Å². The highest BCUT2D eigenvalue weighted by atomic mass is 16.6. The van der Waals surface area contributed by atoms with Crippen LogP contribution in [0.2, 0.25) is 0 Å². The van der Waals surface area contributed by atoms with Gasteiger partial charge >= 0.3 is 12.1 Å². The predicted molar refractivity (Wildman–Crippen MR) is 94.9 cm³/mol. The number of carboxylic acid groups (broad SMARTS) is 1. The molecule has 0 aromatic heterocycles. The minimum absolute atomic E-state index is 0.00319. The summed E-state index contributed by atoms with van der Waals surface area (Å²) < 4.78 is 5.18. The van der Waals surface area contributed by atoms with Crippen LogP contribution < -0.4 is 5.32 Å². The number of amides is 2. The van der Waals surface area contributed by atoms with Crippen LogP contribution in [0.25, 0.3) is 0 Å². The Labute approximate surface area is 154 Å². The molecule has 2 saturated heterocycles. The lowest BCUT2D eigenvalue weighted by molar-refractivity contribution is -0.144. The van der Waals surface area contributed by atoms with E-state index in [0.717, 1.165) is 13.1 Å². The standard InChI is InChI=1S/C17H30N4O5/c1-16(2,3)26-15(25)18-17(14(23)24)5-6-20(12-17)11-13(22)21-9-7-19(4)8-10-21/h5-12H2,1-4H3,(H,18,25)(H,23,24). The maximum Gasteiger partial charge on any atom is 0.408 e. The Balaban J connectivity index is 1.93. The maximum atomic E-state index is 12.5. The number of nitrogens with one attached hydrogen (secondary N) is 1. The largest absolute Gasteiger partial charge is 0.479 e. The van der Waals surface area contributed by atoms with Gasteiger partial charge in [-0.15, -0.1) is 0 Å². The first kappa shape index (κ1) is 20.4. The second kappa shape index (κ2) is 7.79. The molecule has 1 atom stereocenters. The number of rotatable bonds is 4. The number of aliphatic carboxylic acids is 1. The average Bonchev–Trinajstić information content (AvgIpc) is 2.89. The SMILES string of the molecule is CN1CCN(C(=O)CN2CCC(NC(=O)OC(C)(C)C)(C(=O)O)C2)CC1. The van der Waals surface area contributed by atoms with E-state index in [1.165, 1.54) is 0 Å². The van der Waals surface area contributed by atoms with E-state index in [1.54, 1.807) is 25.7 Å². The summed E-state index contributed by atoms with van der Waals surface area (Å²) in [6.07, 6.45) is -0.524. The molecule has 2 aliphatic rings. The number of hydrogen-bond donors (Lipinski definition) is 2. The molecule has 2 amide bonds. The van der Waals surface area contributed by atoms with Crippen LogP contribution in [0.3, 0.4) is 0 Å². The maximum absolute atomic E-state index is 12.5. The molecule has 148 valence electrons. The number of piperazine rings is 1. The number of carbonyl (C=O) groups is 3. The third kappa shape index (κ3) is 5.31. The molecule has 0 aromatic carbocycles. The molecule has 26 heavy (non-hydrogen) atoms. The molecule has 0 aromatic rings. The molecule has 2 rings (SSSR count). The van der Waals surface area contributed by atoms with E-state index >= 15 is 0 Å². The van der Waals surface area contributed by atoms with Gasteiger partial charge in [-0.3, -0.25) is 9.69 Å². The first-order valence-electron chi connectivity index (χ1n) is 8.94. The summed E-state index contributed by atoms with van der Waals surface area (Å²) in [7, 11) is 2.02. The van der Waals surface area contributed by atoms with Crippen molar-refractivity contribution in [2.24, 2.45) is 0 Å². The van der Waals surface area contributed by atoms with Gasteiger partial charge in [0.1, 0.15) is 5.60 Å². The van der Waals surface area contributed by atoms with Gasteiger partial charge in [0.25, 0.3) is 0 Å². The summed E-state index contributed by atoms with van der Waals surface area (Å²) in [6.45, 7) is 8.88. The molecule has 2 aliphatic heterocycles. The third-order valence-corrected chi connectivity index (χ3v) is 4.71. The molecule has 9 heteroatoms. The minimum atomic E-state index is -1.43. The highest BCUT2D eigenvalue weighted by molar-refractivity contribution is 5.85. The van der Waals surface area contributed by atoms with Gasteiger partial charge < -0.3 is 25.0 Å². The Hall–Kier alpha value is -1.87. The molecular weight excluding hydrogens is 340 g/mol. The summed E-state index contributed by atoms with van der Waals surface area (Å²) in [4.78, 5) is 42.0. The lowest BCUT2D eigenvalue weighted by Crippen LogP contribution is -2.57. The first-order chi connectivity index (χ1) is 12.0. The second-order valence-corrected chi connectivity index (χ2v) is 8.16. The second-order valence-electron chi connectivity index (χ2n) is 8.16. The molecule has 0 saturated carbocycles. The highest BCUT2D eigenvalue weighted by Gasteiger charge is 2.47. The fraction of sp³-hybridized carbons (Fsp3) is 0.824. The van der Waals surface area contributed by atoms with Crippen molar-refractivity contribution in [1.82, 2.24) is 20.0 Å². The predicted octanol–water partition coefficient (Wildman–Crippen LogP) is -0.186. The minimum Gasteiger partial charge on any atom is -0.479 e. The molecule has 1 unspecified atom stereocenters. The van der Waals surface area contributed by atoms with Crippen LogP contribution in [0.1, 0.15) is 27.2 Å². The van der Waals surface area contributed by atoms with Gasteiger partial charge in [0, 0.05) is 39.3 Å². The van der Waals surface area contributed by atoms with E-state index in [-0.39, 0.29) is 25.4 Å². The van der Waals surface area contributed by atoms with Gasteiger partial charge in [-0.1, -0.05) is 0 Å². The van der Waals surface area contributed by atoms with Crippen LogP contribution in [0, 0.1) is 0 Å². The van der Waals surface area contributed by atoms with Crippen molar-refractivity contribution in [3.63, 3.8) is 0 Å². The van der Waals surface area contributed by atoms with Crippen molar-refractivity contribution in [1.29, 1.82) is 0 Å². The van der Waals surface area contributed by atoms with Gasteiger partial charge in [0.15, 0.2) is 5.54 Å². The molecule has 9 nitrogen and oxygen atoms in total. The lowest BCUT2D eigenvalue weighted by atomic mass is 9.99. The molecule has 2 N–H and O–H groups in total. The zero-order valence-electron chi connectivity index (χ0n) is 16.1. The Morgan fingerprint density at radius 3 is 2.27 bits per heavy atom.